The predicted molar refractivity (Wildman–Crippen MR) is 229 cm³/mol. The van der Waals surface area contributed by atoms with Crippen molar-refractivity contribution in [3.63, 3.8) is 0 Å². The summed E-state index contributed by atoms with van der Waals surface area (Å²) in [4.78, 5) is 4.38. The summed E-state index contributed by atoms with van der Waals surface area (Å²) in [6.45, 7) is 0. The van der Waals surface area contributed by atoms with E-state index in [1.54, 1.807) is 0 Å². The van der Waals surface area contributed by atoms with Crippen molar-refractivity contribution in [2.24, 2.45) is 0 Å². The summed E-state index contributed by atoms with van der Waals surface area (Å²) in [5, 5.41) is 0. The van der Waals surface area contributed by atoms with Gasteiger partial charge < -0.3 is 9.72 Å². The van der Waals surface area contributed by atoms with E-state index in [-0.39, 0.29) is 0 Å². The molecule has 8 aromatic carbocycles. The summed E-state index contributed by atoms with van der Waals surface area (Å²) in [5.41, 5.74) is 11.5. The van der Waals surface area contributed by atoms with Crippen LogP contribution in [-0.2, 0) is 16.2 Å². The quantitative estimate of drug-likeness (QED) is 0.181. The second-order valence-electron chi connectivity index (χ2n) is 15.2. The van der Waals surface area contributed by atoms with Crippen molar-refractivity contribution >= 4 is 0 Å². The molecule has 0 spiro atoms. The zero-order valence-corrected chi connectivity index (χ0v) is 31.3. The first kappa shape index (κ1) is 33.2. The molecule has 0 unspecified atom stereocenters. The lowest BCUT2D eigenvalue weighted by Crippen LogP contribution is -2.45. The van der Waals surface area contributed by atoms with Crippen LogP contribution in [0.15, 0.2) is 231 Å². The highest BCUT2D eigenvalue weighted by atomic mass is 16.5. The molecule has 2 heteroatoms. The Balaban J connectivity index is 1.43. The van der Waals surface area contributed by atoms with Gasteiger partial charge in [0.25, 0.3) is 0 Å². The Bertz CT molecular complexity index is 2730. The molecule has 270 valence electrons. The molecule has 1 aromatic heterocycles. The lowest BCUT2D eigenvalue weighted by molar-refractivity contribution is 0.423. The third kappa shape index (κ3) is 4.47. The molecule has 0 saturated carbocycles. The molecule has 2 nitrogen and oxygen atoms in total. The molecule has 9 aromatic rings. The topological polar surface area (TPSA) is 25.0 Å². The van der Waals surface area contributed by atoms with Crippen LogP contribution in [0.4, 0.5) is 0 Å². The van der Waals surface area contributed by atoms with Gasteiger partial charge in [0.1, 0.15) is 5.75 Å². The number of nitrogens with one attached hydrogen (secondary N) is 1. The maximum atomic E-state index is 7.56. The van der Waals surface area contributed by atoms with Crippen LogP contribution in [0.1, 0.15) is 67.0 Å². The molecule has 2 aliphatic rings. The summed E-state index contributed by atoms with van der Waals surface area (Å²) in [5.74, 6) is 1.70. The van der Waals surface area contributed by atoms with Gasteiger partial charge in [-0.2, -0.15) is 0 Å². The monoisotopic (exact) mass is 729 g/mol. The maximum Gasteiger partial charge on any atom is 0.154 e. The van der Waals surface area contributed by atoms with Crippen LogP contribution in [0.25, 0.3) is 0 Å². The molecule has 0 saturated heterocycles. The summed E-state index contributed by atoms with van der Waals surface area (Å²) in [6, 6.07) is 83.9. The van der Waals surface area contributed by atoms with E-state index in [9.17, 15) is 0 Å². The minimum absolute atomic E-state index is 0.756. The molecule has 0 fully saturated rings. The number of aromatic nitrogens is 1. The van der Waals surface area contributed by atoms with Crippen molar-refractivity contribution in [1.82, 2.24) is 4.98 Å². The lowest BCUT2D eigenvalue weighted by Gasteiger charge is -2.49. The average Bonchev–Trinajstić information content (AvgIpc) is 3.69. The van der Waals surface area contributed by atoms with Crippen LogP contribution in [-0.4, -0.2) is 4.98 Å². The molecular weight excluding hydrogens is 691 g/mol. The number of benzene rings is 8. The first-order chi connectivity index (χ1) is 28.3. The van der Waals surface area contributed by atoms with Gasteiger partial charge in [-0.3, -0.25) is 0 Å². The first-order valence-electron chi connectivity index (χ1n) is 19.8. The Morgan fingerprint density at radius 2 is 0.579 bits per heavy atom. The van der Waals surface area contributed by atoms with Gasteiger partial charge in [-0.05, 0) is 50.6 Å². The summed E-state index contributed by atoms with van der Waals surface area (Å²) >= 11 is 0. The van der Waals surface area contributed by atoms with E-state index >= 15 is 0 Å². The molecule has 11 rings (SSSR count). The normalized spacial score (nSPS) is 15.2. The van der Waals surface area contributed by atoms with E-state index in [2.05, 4.69) is 236 Å². The number of rotatable bonds is 6. The lowest BCUT2D eigenvalue weighted by atomic mass is 9.52. The van der Waals surface area contributed by atoms with Gasteiger partial charge in [-0.1, -0.05) is 224 Å². The number of ether oxygens (including phenoxy) is 1. The summed E-state index contributed by atoms with van der Waals surface area (Å²) in [6.07, 6.45) is 0. The van der Waals surface area contributed by atoms with E-state index in [0.717, 1.165) is 34.0 Å². The maximum absolute atomic E-state index is 7.56. The molecule has 57 heavy (non-hydrogen) atoms. The van der Waals surface area contributed by atoms with E-state index in [0.29, 0.717) is 0 Å². The van der Waals surface area contributed by atoms with E-state index in [4.69, 9.17) is 4.74 Å². The SMILES string of the molecule is c1ccc(C2(c3ccccc3)c3ccccc3Oc3c2[nH]c2c3C(c3ccccc3)(c3ccccc3)c3ccccc3C2(c2ccccc2)c2ccccc2)cc1. The van der Waals surface area contributed by atoms with Crippen LogP contribution >= 0.6 is 0 Å². The Hall–Kier alpha value is -7.16. The summed E-state index contributed by atoms with van der Waals surface area (Å²) < 4.78 is 7.56. The van der Waals surface area contributed by atoms with Gasteiger partial charge in [0, 0.05) is 16.8 Å². The van der Waals surface area contributed by atoms with E-state index < -0.39 is 16.2 Å². The highest BCUT2D eigenvalue weighted by Gasteiger charge is 2.60. The molecule has 1 N–H and O–H groups in total. The highest BCUT2D eigenvalue weighted by Crippen LogP contribution is 2.66. The molecule has 0 atom stereocenters. The average molecular weight is 730 g/mol. The van der Waals surface area contributed by atoms with Crippen LogP contribution in [0.5, 0.6) is 11.5 Å². The second kappa shape index (κ2) is 13.0. The van der Waals surface area contributed by atoms with Gasteiger partial charge in [-0.15, -0.1) is 0 Å². The van der Waals surface area contributed by atoms with Gasteiger partial charge in [-0.25, -0.2) is 0 Å². The molecular formula is C55H39NO. The van der Waals surface area contributed by atoms with Crippen LogP contribution in [0.3, 0.4) is 0 Å². The van der Waals surface area contributed by atoms with Crippen molar-refractivity contribution < 1.29 is 4.74 Å². The Labute approximate surface area is 333 Å². The van der Waals surface area contributed by atoms with Crippen molar-refractivity contribution in [3.8, 4) is 11.5 Å². The van der Waals surface area contributed by atoms with Gasteiger partial charge >= 0.3 is 0 Å². The van der Waals surface area contributed by atoms with Crippen LogP contribution in [0, 0.1) is 0 Å². The van der Waals surface area contributed by atoms with E-state index in [1.807, 2.05) is 0 Å². The molecule has 1 aliphatic heterocycles. The Morgan fingerprint density at radius 3 is 0.982 bits per heavy atom. The van der Waals surface area contributed by atoms with Gasteiger partial charge in [0.15, 0.2) is 5.75 Å². The minimum atomic E-state index is -0.781. The van der Waals surface area contributed by atoms with Crippen LogP contribution in [0.2, 0.25) is 0 Å². The first-order valence-corrected chi connectivity index (χ1v) is 19.8. The number of para-hydroxylation sites is 1. The third-order valence-corrected chi connectivity index (χ3v) is 12.6. The molecule has 0 amide bonds. The number of hydrogen-bond donors (Lipinski definition) is 1. The third-order valence-electron chi connectivity index (χ3n) is 12.6. The smallest absolute Gasteiger partial charge is 0.154 e. The number of H-pyrrole nitrogens is 1. The zero-order valence-electron chi connectivity index (χ0n) is 31.3. The van der Waals surface area contributed by atoms with Crippen molar-refractivity contribution in [3.05, 3.63) is 298 Å². The number of hydrogen-bond acceptors (Lipinski definition) is 1. The van der Waals surface area contributed by atoms with Crippen molar-refractivity contribution in [2.45, 2.75) is 16.2 Å². The molecule has 1 aliphatic carbocycles. The fraction of sp³-hybridized carbons (Fsp3) is 0.0545. The van der Waals surface area contributed by atoms with Gasteiger partial charge in [0.2, 0.25) is 0 Å². The Kier molecular flexibility index (Phi) is 7.55. The fourth-order valence-corrected chi connectivity index (χ4v) is 10.4. The van der Waals surface area contributed by atoms with Crippen molar-refractivity contribution in [2.75, 3.05) is 0 Å². The number of aromatic amines is 1. The fourth-order valence-electron chi connectivity index (χ4n) is 10.4. The second-order valence-corrected chi connectivity index (χ2v) is 15.2. The minimum Gasteiger partial charge on any atom is -0.455 e. The largest absolute Gasteiger partial charge is 0.455 e. The van der Waals surface area contributed by atoms with E-state index in [1.165, 1.54) is 44.5 Å². The molecule has 0 radical (unpaired) electrons. The van der Waals surface area contributed by atoms with Crippen LogP contribution < -0.4 is 4.74 Å². The Morgan fingerprint density at radius 1 is 0.281 bits per heavy atom. The van der Waals surface area contributed by atoms with Gasteiger partial charge in [0.05, 0.1) is 21.9 Å². The molecule has 0 bridgehead atoms. The number of fused-ring (bicyclic) bond motifs is 5. The molecule has 2 heterocycles. The zero-order chi connectivity index (χ0) is 37.9. The standard InChI is InChI=1S/C55H39NO/c1-7-23-39(24-8-1)53(40-25-9-2-10-26-40)45-35-19-20-36-46(45)54(41-27-11-3-12-28-41,42-29-13-4-14-30-42)51-49(53)50-52(56-51)55(43-31-15-5-16-32-43,44-33-17-6-18-34-44)47-37-21-22-38-48(47)57-50/h1-38,56H. The highest BCUT2D eigenvalue weighted by molar-refractivity contribution is 5.81. The van der Waals surface area contributed by atoms with Crippen molar-refractivity contribution in [1.29, 1.82) is 0 Å². The summed E-state index contributed by atoms with van der Waals surface area (Å²) in [7, 11) is 0. The predicted octanol–water partition coefficient (Wildman–Crippen LogP) is 12.6.